The topological polar surface area (TPSA) is 92.9 Å². The van der Waals surface area contributed by atoms with E-state index in [1.807, 2.05) is 0 Å². The highest BCUT2D eigenvalue weighted by Gasteiger charge is 2.18. The van der Waals surface area contributed by atoms with Crippen LogP contribution in [-0.4, -0.2) is 35.0 Å². The van der Waals surface area contributed by atoms with Gasteiger partial charge >= 0.3 is 5.69 Å². The number of carbonyl (C=O) groups excluding carboxylic acids is 1. The predicted octanol–water partition coefficient (Wildman–Crippen LogP) is 2.72. The molecule has 0 saturated heterocycles. The molecule has 8 heteroatoms. The average molecular weight is 334 g/mol. The van der Waals surface area contributed by atoms with Crippen LogP contribution in [0.1, 0.15) is 15.9 Å². The molecule has 0 bridgehead atoms. The van der Waals surface area contributed by atoms with Crippen molar-refractivity contribution in [3.8, 4) is 11.5 Å². The lowest BCUT2D eigenvalue weighted by Gasteiger charge is -2.18. The van der Waals surface area contributed by atoms with Crippen LogP contribution in [0.4, 0.5) is 10.1 Å². The van der Waals surface area contributed by atoms with Crippen LogP contribution >= 0.6 is 0 Å². The molecule has 1 amide bonds. The quantitative estimate of drug-likeness (QED) is 0.670. The summed E-state index contributed by atoms with van der Waals surface area (Å²) in [5.41, 5.74) is 0.163. The van der Waals surface area contributed by atoms with Crippen molar-refractivity contribution in [1.82, 2.24) is 4.90 Å². The summed E-state index contributed by atoms with van der Waals surface area (Å²) in [6.07, 6.45) is 0. The summed E-state index contributed by atoms with van der Waals surface area (Å²) in [4.78, 5) is 23.5. The Morgan fingerprint density at radius 1 is 1.33 bits per heavy atom. The number of halogens is 1. The Morgan fingerprint density at radius 2 is 2.04 bits per heavy atom. The summed E-state index contributed by atoms with van der Waals surface area (Å²) in [7, 11) is 2.86. The van der Waals surface area contributed by atoms with Crippen molar-refractivity contribution in [2.24, 2.45) is 0 Å². The van der Waals surface area contributed by atoms with Gasteiger partial charge in [0.05, 0.1) is 12.0 Å². The molecule has 126 valence electrons. The summed E-state index contributed by atoms with van der Waals surface area (Å²) in [6.45, 7) is 0.123. The molecule has 0 aliphatic carbocycles. The van der Waals surface area contributed by atoms with Crippen LogP contribution in [0.2, 0.25) is 0 Å². The molecular weight excluding hydrogens is 319 g/mol. The maximum Gasteiger partial charge on any atom is 0.310 e. The number of amides is 1. The number of phenolic OH excluding ortho intramolecular Hbond substituents is 1. The molecule has 2 rings (SSSR count). The highest BCUT2D eigenvalue weighted by Crippen LogP contribution is 2.27. The van der Waals surface area contributed by atoms with Crippen molar-refractivity contribution in [3.05, 3.63) is 63.5 Å². The molecule has 2 aromatic rings. The summed E-state index contributed by atoms with van der Waals surface area (Å²) >= 11 is 0. The summed E-state index contributed by atoms with van der Waals surface area (Å²) in [6, 6.07) is 7.69. The Bertz CT molecular complexity index is 794. The van der Waals surface area contributed by atoms with Crippen molar-refractivity contribution in [2.45, 2.75) is 6.54 Å². The zero-order valence-electron chi connectivity index (χ0n) is 13.0. The largest absolute Gasteiger partial charge is 0.502 e. The summed E-state index contributed by atoms with van der Waals surface area (Å²) in [5.74, 6) is -1.48. The number of carbonyl (C=O) groups is 1. The molecule has 2 aromatic carbocycles. The van der Waals surface area contributed by atoms with Crippen LogP contribution in [0, 0.1) is 15.9 Å². The van der Waals surface area contributed by atoms with E-state index in [0.29, 0.717) is 5.56 Å². The molecule has 0 radical (unpaired) electrons. The summed E-state index contributed by atoms with van der Waals surface area (Å²) < 4.78 is 18.5. The number of nitro groups is 1. The number of benzene rings is 2. The lowest BCUT2D eigenvalue weighted by molar-refractivity contribution is -0.385. The minimum atomic E-state index is -0.743. The fourth-order valence-electron chi connectivity index (χ4n) is 2.19. The zero-order chi connectivity index (χ0) is 17.9. The third kappa shape index (κ3) is 3.60. The molecule has 0 fully saturated rings. The fraction of sp³-hybridized carbons (Fsp3) is 0.188. The first kappa shape index (κ1) is 17.2. The SMILES string of the molecule is COc1ccc(CN(C)C(=O)c2ccc([N+](=O)[O-])c(O)c2)cc1F. The Labute approximate surface area is 137 Å². The van der Waals surface area contributed by atoms with E-state index in [0.717, 1.165) is 12.1 Å². The number of aromatic hydroxyl groups is 1. The molecular formula is C16H15FN2O5. The van der Waals surface area contributed by atoms with E-state index in [2.05, 4.69) is 0 Å². The molecule has 0 unspecified atom stereocenters. The number of hydrogen-bond donors (Lipinski definition) is 1. The normalized spacial score (nSPS) is 10.3. The standard InChI is InChI=1S/C16H15FN2O5/c1-18(9-10-3-6-15(24-2)12(17)7-10)16(21)11-4-5-13(19(22)23)14(20)8-11/h3-8,20H,9H2,1-2H3. The first-order chi connectivity index (χ1) is 11.3. The second-order valence-electron chi connectivity index (χ2n) is 5.09. The maximum absolute atomic E-state index is 13.7. The Hall–Kier alpha value is -3.16. The van der Waals surface area contributed by atoms with Crippen LogP contribution < -0.4 is 4.74 Å². The van der Waals surface area contributed by atoms with Gasteiger partial charge in [0.1, 0.15) is 0 Å². The van der Waals surface area contributed by atoms with E-state index in [-0.39, 0.29) is 17.9 Å². The number of hydrogen-bond acceptors (Lipinski definition) is 5. The van der Waals surface area contributed by atoms with E-state index in [1.54, 1.807) is 6.07 Å². The van der Waals surface area contributed by atoms with Crippen LogP contribution in [0.3, 0.4) is 0 Å². The van der Waals surface area contributed by atoms with Crippen LogP contribution in [-0.2, 0) is 6.54 Å². The average Bonchev–Trinajstić information content (AvgIpc) is 2.53. The third-order valence-electron chi connectivity index (χ3n) is 3.40. The van der Waals surface area contributed by atoms with E-state index in [4.69, 9.17) is 4.74 Å². The van der Waals surface area contributed by atoms with Gasteiger partial charge in [0.25, 0.3) is 5.91 Å². The van der Waals surface area contributed by atoms with E-state index < -0.39 is 28.1 Å². The number of methoxy groups -OCH3 is 1. The molecule has 7 nitrogen and oxygen atoms in total. The van der Waals surface area contributed by atoms with Crippen molar-refractivity contribution in [3.63, 3.8) is 0 Å². The third-order valence-corrected chi connectivity index (χ3v) is 3.40. The van der Waals surface area contributed by atoms with Gasteiger partial charge in [-0.05, 0) is 29.8 Å². The lowest BCUT2D eigenvalue weighted by Crippen LogP contribution is -2.26. The minimum absolute atomic E-state index is 0.0922. The second-order valence-corrected chi connectivity index (χ2v) is 5.09. The second kappa shape index (κ2) is 6.95. The first-order valence-electron chi connectivity index (χ1n) is 6.88. The van der Waals surface area contributed by atoms with Gasteiger partial charge in [0, 0.05) is 25.2 Å². The van der Waals surface area contributed by atoms with Gasteiger partial charge < -0.3 is 14.7 Å². The monoisotopic (exact) mass is 334 g/mol. The van der Waals surface area contributed by atoms with Gasteiger partial charge in [-0.2, -0.15) is 0 Å². The van der Waals surface area contributed by atoms with Gasteiger partial charge in [0.2, 0.25) is 0 Å². The van der Waals surface area contributed by atoms with Crippen LogP contribution in [0.25, 0.3) is 0 Å². The van der Waals surface area contributed by atoms with Crippen molar-refractivity contribution in [1.29, 1.82) is 0 Å². The highest BCUT2D eigenvalue weighted by molar-refractivity contribution is 5.94. The van der Waals surface area contributed by atoms with E-state index in [9.17, 15) is 24.4 Å². The smallest absolute Gasteiger partial charge is 0.310 e. The number of nitro benzene ring substituents is 1. The molecule has 0 aliphatic heterocycles. The number of phenols is 1. The van der Waals surface area contributed by atoms with E-state index >= 15 is 0 Å². The molecule has 0 heterocycles. The first-order valence-corrected chi connectivity index (χ1v) is 6.88. The predicted molar refractivity (Wildman–Crippen MR) is 83.5 cm³/mol. The molecule has 0 saturated carbocycles. The number of nitrogens with zero attached hydrogens (tertiary/aromatic N) is 2. The lowest BCUT2D eigenvalue weighted by atomic mass is 10.1. The van der Waals surface area contributed by atoms with Gasteiger partial charge in [0.15, 0.2) is 17.3 Å². The van der Waals surface area contributed by atoms with Crippen molar-refractivity contribution in [2.75, 3.05) is 14.2 Å². The van der Waals surface area contributed by atoms with Crippen LogP contribution in [0.15, 0.2) is 36.4 Å². The Morgan fingerprint density at radius 3 is 2.58 bits per heavy atom. The van der Waals surface area contributed by atoms with Gasteiger partial charge in [-0.1, -0.05) is 6.07 Å². The number of ether oxygens (including phenoxy) is 1. The Kier molecular flexibility index (Phi) is 4.98. The van der Waals surface area contributed by atoms with Crippen molar-refractivity contribution < 1.29 is 24.0 Å². The zero-order valence-corrected chi connectivity index (χ0v) is 13.0. The van der Waals surface area contributed by atoms with Crippen molar-refractivity contribution >= 4 is 11.6 Å². The van der Waals surface area contributed by atoms with Crippen LogP contribution in [0.5, 0.6) is 11.5 Å². The summed E-state index contributed by atoms with van der Waals surface area (Å²) in [5, 5.41) is 20.3. The highest BCUT2D eigenvalue weighted by atomic mass is 19.1. The van der Waals surface area contributed by atoms with Gasteiger partial charge in [-0.3, -0.25) is 14.9 Å². The molecule has 0 aromatic heterocycles. The number of rotatable bonds is 5. The molecule has 24 heavy (non-hydrogen) atoms. The molecule has 0 spiro atoms. The molecule has 0 atom stereocenters. The minimum Gasteiger partial charge on any atom is -0.502 e. The maximum atomic E-state index is 13.7. The van der Waals surface area contributed by atoms with E-state index in [1.165, 1.54) is 37.3 Å². The van der Waals surface area contributed by atoms with Gasteiger partial charge in [-0.25, -0.2) is 4.39 Å². The molecule has 1 N–H and O–H groups in total. The Balaban J connectivity index is 2.16. The molecule has 0 aliphatic rings. The fourth-order valence-corrected chi connectivity index (χ4v) is 2.19. The van der Waals surface area contributed by atoms with Gasteiger partial charge in [-0.15, -0.1) is 0 Å².